The van der Waals surface area contributed by atoms with E-state index in [1.807, 2.05) is 18.5 Å². The Hall–Kier alpha value is -1.07. The third-order valence-corrected chi connectivity index (χ3v) is 4.99. The third-order valence-electron chi connectivity index (χ3n) is 3.95. The average molecular weight is 311 g/mol. The molecule has 120 valence electrons. The van der Waals surface area contributed by atoms with Gasteiger partial charge in [0.25, 0.3) is 0 Å². The van der Waals surface area contributed by atoms with E-state index in [0.29, 0.717) is 6.04 Å². The monoisotopic (exact) mass is 311 g/mol. The number of hydrogen-bond acceptors (Lipinski definition) is 3. The van der Waals surface area contributed by atoms with Crippen molar-refractivity contribution >= 4 is 17.4 Å². The van der Waals surface area contributed by atoms with Crippen LogP contribution >= 0.6 is 11.3 Å². The fourth-order valence-electron chi connectivity index (χ4n) is 1.96. The minimum atomic E-state index is 0.00751. The second kappa shape index (κ2) is 9.05. The summed E-state index contributed by atoms with van der Waals surface area (Å²) in [6, 6.07) is 4.80. The second-order valence-corrected chi connectivity index (χ2v) is 6.79. The maximum Gasteiger partial charge on any atom is 0.317 e. The molecule has 5 heteroatoms. The maximum absolute atomic E-state index is 12.1. The van der Waals surface area contributed by atoms with Crippen LogP contribution in [0.2, 0.25) is 0 Å². The van der Waals surface area contributed by atoms with Gasteiger partial charge in [0.05, 0.1) is 6.04 Å². The van der Waals surface area contributed by atoms with Crippen LogP contribution in [0.3, 0.4) is 0 Å². The predicted octanol–water partition coefficient (Wildman–Crippen LogP) is 3.57. The van der Waals surface area contributed by atoms with Crippen LogP contribution in [0.4, 0.5) is 4.79 Å². The number of rotatable bonds is 8. The summed E-state index contributed by atoms with van der Waals surface area (Å²) >= 11 is 1.69. The topological polar surface area (TPSA) is 35.6 Å². The SMILES string of the molecule is CC(C)N(C)CCCCNC(=O)N(C)C(C)c1cccs1. The summed E-state index contributed by atoms with van der Waals surface area (Å²) in [5.74, 6) is 0. The van der Waals surface area contributed by atoms with Crippen LogP contribution in [0, 0.1) is 0 Å². The van der Waals surface area contributed by atoms with E-state index in [-0.39, 0.29) is 12.1 Å². The second-order valence-electron chi connectivity index (χ2n) is 5.82. The largest absolute Gasteiger partial charge is 0.338 e. The molecule has 4 nitrogen and oxygen atoms in total. The van der Waals surface area contributed by atoms with E-state index >= 15 is 0 Å². The molecule has 0 aliphatic rings. The van der Waals surface area contributed by atoms with Crippen molar-refractivity contribution in [3.63, 3.8) is 0 Å². The Kier molecular flexibility index (Phi) is 7.75. The normalized spacial score (nSPS) is 12.7. The molecule has 0 bridgehead atoms. The number of carbonyl (C=O) groups excluding carboxylic acids is 1. The fraction of sp³-hybridized carbons (Fsp3) is 0.688. The number of unbranched alkanes of at least 4 members (excludes halogenated alkanes) is 1. The standard InChI is InChI=1S/C16H29N3OS/c1-13(2)18(4)11-7-6-10-17-16(20)19(5)14(3)15-9-8-12-21-15/h8-9,12-14H,6-7,10-11H2,1-5H3,(H,17,20). The van der Waals surface area contributed by atoms with Crippen LogP contribution < -0.4 is 5.32 Å². The molecule has 0 fully saturated rings. The Balaban J connectivity index is 2.21. The lowest BCUT2D eigenvalue weighted by molar-refractivity contribution is 0.194. The molecular formula is C16H29N3OS. The van der Waals surface area contributed by atoms with Crippen LogP contribution in [-0.2, 0) is 0 Å². The van der Waals surface area contributed by atoms with E-state index in [1.165, 1.54) is 4.88 Å². The van der Waals surface area contributed by atoms with Gasteiger partial charge in [-0.2, -0.15) is 0 Å². The van der Waals surface area contributed by atoms with Crippen LogP contribution in [0.25, 0.3) is 0 Å². The first-order valence-electron chi connectivity index (χ1n) is 7.67. The molecule has 21 heavy (non-hydrogen) atoms. The van der Waals surface area contributed by atoms with Crippen molar-refractivity contribution in [1.29, 1.82) is 0 Å². The van der Waals surface area contributed by atoms with Gasteiger partial charge in [0.15, 0.2) is 0 Å². The summed E-state index contributed by atoms with van der Waals surface area (Å²) in [6.45, 7) is 8.27. The molecule has 0 aliphatic heterocycles. The Morgan fingerprint density at radius 2 is 2.00 bits per heavy atom. The first-order valence-corrected chi connectivity index (χ1v) is 8.55. The zero-order chi connectivity index (χ0) is 15.8. The van der Waals surface area contributed by atoms with E-state index in [0.717, 1.165) is 25.9 Å². The molecule has 1 aromatic rings. The number of nitrogens with one attached hydrogen (secondary N) is 1. The van der Waals surface area contributed by atoms with Crippen LogP contribution in [-0.4, -0.2) is 49.1 Å². The molecule has 1 unspecified atom stereocenters. The van der Waals surface area contributed by atoms with Gasteiger partial charge in [-0.15, -0.1) is 11.3 Å². The Morgan fingerprint density at radius 3 is 2.57 bits per heavy atom. The van der Waals surface area contributed by atoms with E-state index in [2.05, 4.69) is 44.1 Å². The zero-order valence-corrected chi connectivity index (χ0v) is 14.7. The molecule has 2 amide bonds. The highest BCUT2D eigenvalue weighted by molar-refractivity contribution is 7.10. The molecule has 0 saturated carbocycles. The van der Waals surface area contributed by atoms with Gasteiger partial charge in [-0.25, -0.2) is 4.79 Å². The van der Waals surface area contributed by atoms with Gasteiger partial charge in [0, 0.05) is 24.5 Å². The first-order chi connectivity index (χ1) is 9.93. The highest BCUT2D eigenvalue weighted by Crippen LogP contribution is 2.23. The average Bonchev–Trinajstić information content (AvgIpc) is 2.98. The van der Waals surface area contributed by atoms with Gasteiger partial charge < -0.3 is 15.1 Å². The Morgan fingerprint density at radius 1 is 1.29 bits per heavy atom. The minimum Gasteiger partial charge on any atom is -0.338 e. The van der Waals surface area contributed by atoms with Gasteiger partial charge in [-0.1, -0.05) is 6.07 Å². The third kappa shape index (κ3) is 6.06. The molecule has 0 aliphatic carbocycles. The first kappa shape index (κ1) is 18.0. The Bertz CT molecular complexity index is 406. The van der Waals surface area contributed by atoms with Crippen molar-refractivity contribution in [2.75, 3.05) is 27.2 Å². The highest BCUT2D eigenvalue weighted by atomic mass is 32.1. The highest BCUT2D eigenvalue weighted by Gasteiger charge is 2.17. The zero-order valence-electron chi connectivity index (χ0n) is 13.9. The van der Waals surface area contributed by atoms with Crippen molar-refractivity contribution in [3.05, 3.63) is 22.4 Å². The summed E-state index contributed by atoms with van der Waals surface area (Å²) in [6.07, 6.45) is 2.13. The van der Waals surface area contributed by atoms with E-state index in [1.54, 1.807) is 16.2 Å². The lowest BCUT2D eigenvalue weighted by Gasteiger charge is -2.24. The van der Waals surface area contributed by atoms with Gasteiger partial charge >= 0.3 is 6.03 Å². The number of thiophene rings is 1. The summed E-state index contributed by atoms with van der Waals surface area (Å²) in [4.78, 5) is 17.4. The number of amides is 2. The van der Waals surface area contributed by atoms with Gasteiger partial charge in [-0.05, 0) is 58.7 Å². The molecule has 1 aromatic heterocycles. The maximum atomic E-state index is 12.1. The lowest BCUT2D eigenvalue weighted by atomic mass is 10.2. The molecule has 0 saturated heterocycles. The predicted molar refractivity (Wildman–Crippen MR) is 90.9 cm³/mol. The lowest BCUT2D eigenvalue weighted by Crippen LogP contribution is -2.39. The van der Waals surface area contributed by atoms with Gasteiger partial charge in [-0.3, -0.25) is 0 Å². The molecule has 0 spiro atoms. The Labute approximate surface area is 133 Å². The van der Waals surface area contributed by atoms with Gasteiger partial charge in [0.2, 0.25) is 0 Å². The molecule has 1 atom stereocenters. The van der Waals surface area contributed by atoms with Crippen molar-refractivity contribution < 1.29 is 4.79 Å². The van der Waals surface area contributed by atoms with Crippen molar-refractivity contribution in [2.24, 2.45) is 0 Å². The number of carbonyl (C=O) groups is 1. The quantitative estimate of drug-likeness (QED) is 0.745. The molecular weight excluding hydrogens is 282 g/mol. The van der Waals surface area contributed by atoms with Crippen LogP contribution in [0.5, 0.6) is 0 Å². The summed E-state index contributed by atoms with van der Waals surface area (Å²) in [5, 5.41) is 5.05. The van der Waals surface area contributed by atoms with Crippen molar-refractivity contribution in [3.8, 4) is 0 Å². The van der Waals surface area contributed by atoms with Gasteiger partial charge in [0.1, 0.15) is 0 Å². The van der Waals surface area contributed by atoms with E-state index in [9.17, 15) is 4.79 Å². The number of nitrogens with zero attached hydrogens (tertiary/aromatic N) is 2. The molecule has 1 heterocycles. The van der Waals surface area contributed by atoms with Crippen LogP contribution in [0.1, 0.15) is 44.5 Å². The molecule has 1 N–H and O–H groups in total. The number of hydrogen-bond donors (Lipinski definition) is 1. The van der Waals surface area contributed by atoms with Crippen LogP contribution in [0.15, 0.2) is 17.5 Å². The smallest absolute Gasteiger partial charge is 0.317 e. The molecule has 0 radical (unpaired) electrons. The molecule has 0 aromatic carbocycles. The summed E-state index contributed by atoms with van der Waals surface area (Å²) in [7, 11) is 3.99. The van der Waals surface area contributed by atoms with E-state index in [4.69, 9.17) is 0 Å². The number of urea groups is 1. The molecule has 1 rings (SSSR count). The minimum absolute atomic E-state index is 0.00751. The van der Waals surface area contributed by atoms with Crippen molar-refractivity contribution in [1.82, 2.24) is 15.1 Å². The fourth-order valence-corrected chi connectivity index (χ4v) is 2.79. The van der Waals surface area contributed by atoms with Crippen molar-refractivity contribution in [2.45, 2.75) is 45.7 Å². The summed E-state index contributed by atoms with van der Waals surface area (Å²) in [5.41, 5.74) is 0. The van der Waals surface area contributed by atoms with E-state index < -0.39 is 0 Å². The summed E-state index contributed by atoms with van der Waals surface area (Å²) < 4.78 is 0.